The van der Waals surface area contributed by atoms with Crippen LogP contribution in [0.5, 0.6) is 0 Å². The van der Waals surface area contributed by atoms with Gasteiger partial charge in [-0.25, -0.2) is 0 Å². The lowest BCUT2D eigenvalue weighted by molar-refractivity contribution is 0.0769. The van der Waals surface area contributed by atoms with Crippen LogP contribution in [0, 0.1) is 5.92 Å². The summed E-state index contributed by atoms with van der Waals surface area (Å²) in [6.07, 6.45) is 4.33. The fourth-order valence-electron chi connectivity index (χ4n) is 3.06. The Kier molecular flexibility index (Phi) is 6.01. The fourth-order valence-corrected chi connectivity index (χ4v) is 3.60. The van der Waals surface area contributed by atoms with Gasteiger partial charge in [-0.2, -0.15) is 5.10 Å². The normalized spacial score (nSPS) is 24.2. The molecule has 2 heterocycles. The zero-order valence-electron chi connectivity index (χ0n) is 12.4. The smallest absolute Gasteiger partial charge is 0.0700 e. The summed E-state index contributed by atoms with van der Waals surface area (Å²) in [4.78, 5) is 0. The third-order valence-corrected chi connectivity index (χ3v) is 4.65. The van der Waals surface area contributed by atoms with Gasteiger partial charge in [-0.05, 0) is 35.8 Å². The van der Waals surface area contributed by atoms with Gasteiger partial charge in [0, 0.05) is 19.6 Å². The van der Waals surface area contributed by atoms with E-state index in [1.54, 1.807) is 7.11 Å². The van der Waals surface area contributed by atoms with Crippen molar-refractivity contribution in [1.82, 2.24) is 15.1 Å². The van der Waals surface area contributed by atoms with Crippen LogP contribution in [0.1, 0.15) is 31.5 Å². The number of hydrogen-bond acceptors (Lipinski definition) is 4. The Bertz CT molecular complexity index is 425. The van der Waals surface area contributed by atoms with Gasteiger partial charge in [0.15, 0.2) is 0 Å². The Morgan fingerprint density at radius 2 is 2.45 bits per heavy atom. The maximum absolute atomic E-state index is 5.85. The fraction of sp³-hybridized carbons (Fsp3) is 0.786. The molecule has 0 saturated carbocycles. The number of methoxy groups -OCH3 is 1. The lowest BCUT2D eigenvalue weighted by atomic mass is 9.89. The molecule has 1 aliphatic heterocycles. The van der Waals surface area contributed by atoms with Crippen LogP contribution in [0.3, 0.4) is 0 Å². The Morgan fingerprint density at radius 1 is 1.65 bits per heavy atom. The van der Waals surface area contributed by atoms with Crippen molar-refractivity contribution in [2.45, 2.75) is 38.5 Å². The predicted octanol–water partition coefficient (Wildman–Crippen LogP) is 2.37. The largest absolute Gasteiger partial charge is 0.383 e. The number of rotatable bonds is 7. The Labute approximate surface area is 129 Å². The second-order valence-corrected chi connectivity index (χ2v) is 5.98. The van der Waals surface area contributed by atoms with E-state index in [1.165, 1.54) is 5.69 Å². The summed E-state index contributed by atoms with van der Waals surface area (Å²) in [5, 5.41) is 7.91. The first-order valence-electron chi connectivity index (χ1n) is 7.21. The highest BCUT2D eigenvalue weighted by molar-refractivity contribution is 9.10. The van der Waals surface area contributed by atoms with Crippen LogP contribution in [-0.4, -0.2) is 43.3 Å². The first kappa shape index (κ1) is 15.9. The van der Waals surface area contributed by atoms with Crippen molar-refractivity contribution in [3.8, 4) is 0 Å². The van der Waals surface area contributed by atoms with Crippen molar-refractivity contribution in [2.24, 2.45) is 5.92 Å². The number of aromatic nitrogens is 2. The molecule has 0 aromatic carbocycles. The Morgan fingerprint density at radius 3 is 3.10 bits per heavy atom. The zero-order chi connectivity index (χ0) is 14.5. The molecule has 0 radical (unpaired) electrons. The second kappa shape index (κ2) is 7.54. The van der Waals surface area contributed by atoms with E-state index in [2.05, 4.69) is 33.3 Å². The summed E-state index contributed by atoms with van der Waals surface area (Å²) < 4.78 is 14.1. The van der Waals surface area contributed by atoms with Crippen molar-refractivity contribution in [3.63, 3.8) is 0 Å². The van der Waals surface area contributed by atoms with E-state index < -0.39 is 0 Å². The van der Waals surface area contributed by atoms with Gasteiger partial charge >= 0.3 is 0 Å². The number of hydrogen-bond donors (Lipinski definition) is 1. The predicted molar refractivity (Wildman–Crippen MR) is 81.7 cm³/mol. The van der Waals surface area contributed by atoms with Gasteiger partial charge in [-0.3, -0.25) is 4.68 Å². The number of halogens is 1. The van der Waals surface area contributed by atoms with Gasteiger partial charge in [-0.15, -0.1) is 0 Å². The van der Waals surface area contributed by atoms with E-state index in [4.69, 9.17) is 9.47 Å². The number of nitrogens with one attached hydrogen (secondary N) is 1. The molecule has 1 N–H and O–H groups in total. The van der Waals surface area contributed by atoms with Crippen LogP contribution >= 0.6 is 15.9 Å². The molecule has 1 saturated heterocycles. The van der Waals surface area contributed by atoms with E-state index in [0.717, 1.165) is 30.5 Å². The van der Waals surface area contributed by atoms with Gasteiger partial charge in [0.2, 0.25) is 0 Å². The molecule has 2 rings (SSSR count). The number of ether oxygens (including phenoxy) is 2. The monoisotopic (exact) mass is 345 g/mol. The van der Waals surface area contributed by atoms with Crippen LogP contribution in [-0.2, 0) is 16.0 Å². The molecule has 3 unspecified atom stereocenters. The summed E-state index contributed by atoms with van der Waals surface area (Å²) in [6, 6.07) is 0.246. The van der Waals surface area contributed by atoms with E-state index in [-0.39, 0.29) is 6.04 Å². The molecule has 1 aromatic heterocycles. The average molecular weight is 346 g/mol. The molecule has 6 heteroatoms. The minimum atomic E-state index is 0.246. The van der Waals surface area contributed by atoms with Gasteiger partial charge in [-0.1, -0.05) is 6.92 Å². The highest BCUT2D eigenvalue weighted by atomic mass is 79.9. The first-order chi connectivity index (χ1) is 9.72. The van der Waals surface area contributed by atoms with Crippen molar-refractivity contribution in [1.29, 1.82) is 0 Å². The quantitative estimate of drug-likeness (QED) is 0.824. The Balaban J connectivity index is 2.24. The maximum atomic E-state index is 5.85. The third-order valence-electron chi connectivity index (χ3n) is 4.04. The van der Waals surface area contributed by atoms with E-state index in [9.17, 15) is 0 Å². The summed E-state index contributed by atoms with van der Waals surface area (Å²) in [6.45, 7) is 4.47. The first-order valence-corrected chi connectivity index (χ1v) is 8.01. The molecule has 0 amide bonds. The summed E-state index contributed by atoms with van der Waals surface area (Å²) in [5.74, 6) is 0.485. The SMILES string of the molecule is CCC1OCCC1C(NC)c1c(Br)cnn1CCOC. The van der Waals surface area contributed by atoms with E-state index in [0.29, 0.717) is 18.6 Å². The molecule has 1 fully saturated rings. The van der Waals surface area contributed by atoms with Crippen molar-refractivity contribution >= 4 is 15.9 Å². The molecule has 1 aliphatic rings. The van der Waals surface area contributed by atoms with Gasteiger partial charge in [0.1, 0.15) is 0 Å². The lowest BCUT2D eigenvalue weighted by Gasteiger charge is -2.28. The molecule has 20 heavy (non-hydrogen) atoms. The highest BCUT2D eigenvalue weighted by Crippen LogP contribution is 2.37. The van der Waals surface area contributed by atoms with Gasteiger partial charge in [0.05, 0.1) is 41.7 Å². The summed E-state index contributed by atoms with van der Waals surface area (Å²) in [7, 11) is 3.72. The standard InChI is InChI=1S/C14H24BrN3O2/c1-4-12-10(5-7-20-12)13(16-2)14-11(15)9-17-18(14)6-8-19-3/h9-10,12-13,16H,4-8H2,1-3H3. The minimum Gasteiger partial charge on any atom is -0.383 e. The molecule has 1 aromatic rings. The highest BCUT2D eigenvalue weighted by Gasteiger charge is 2.36. The summed E-state index contributed by atoms with van der Waals surface area (Å²) in [5.41, 5.74) is 1.19. The van der Waals surface area contributed by atoms with Gasteiger partial charge < -0.3 is 14.8 Å². The Hall–Kier alpha value is -0.430. The molecular weight excluding hydrogens is 322 g/mol. The van der Waals surface area contributed by atoms with Crippen LogP contribution in [0.25, 0.3) is 0 Å². The van der Waals surface area contributed by atoms with Crippen LogP contribution in [0.2, 0.25) is 0 Å². The lowest BCUT2D eigenvalue weighted by Crippen LogP contribution is -2.33. The molecule has 3 atom stereocenters. The minimum absolute atomic E-state index is 0.246. The second-order valence-electron chi connectivity index (χ2n) is 5.13. The number of nitrogens with zero attached hydrogens (tertiary/aromatic N) is 2. The van der Waals surface area contributed by atoms with Crippen molar-refractivity contribution in [2.75, 3.05) is 27.4 Å². The van der Waals surface area contributed by atoms with Crippen LogP contribution < -0.4 is 5.32 Å². The van der Waals surface area contributed by atoms with Gasteiger partial charge in [0.25, 0.3) is 0 Å². The molecule has 114 valence electrons. The third kappa shape index (κ3) is 3.24. The van der Waals surface area contributed by atoms with Crippen molar-refractivity contribution < 1.29 is 9.47 Å². The molecule has 0 bridgehead atoms. The van der Waals surface area contributed by atoms with Crippen molar-refractivity contribution in [3.05, 3.63) is 16.4 Å². The average Bonchev–Trinajstić information content (AvgIpc) is 3.06. The van der Waals surface area contributed by atoms with Crippen LogP contribution in [0.4, 0.5) is 0 Å². The topological polar surface area (TPSA) is 48.3 Å². The van der Waals surface area contributed by atoms with E-state index in [1.807, 2.05) is 17.9 Å². The maximum Gasteiger partial charge on any atom is 0.0700 e. The van der Waals surface area contributed by atoms with Crippen LogP contribution in [0.15, 0.2) is 10.7 Å². The molecule has 0 spiro atoms. The zero-order valence-corrected chi connectivity index (χ0v) is 14.0. The molecule has 0 aliphatic carbocycles. The summed E-state index contributed by atoms with van der Waals surface area (Å²) >= 11 is 3.63. The van der Waals surface area contributed by atoms with E-state index >= 15 is 0 Å². The molecular formula is C14H24BrN3O2. The molecule has 5 nitrogen and oxygen atoms in total.